The van der Waals surface area contributed by atoms with Crippen LogP contribution in [-0.2, 0) is 10.8 Å². The lowest BCUT2D eigenvalue weighted by Gasteiger charge is -2.30. The maximum atomic E-state index is 2.54. The van der Waals surface area contributed by atoms with Crippen LogP contribution in [0.3, 0.4) is 0 Å². The third kappa shape index (κ3) is 4.97. The average molecular weight is 756 g/mol. The molecule has 3 heteroatoms. The number of anilines is 3. The van der Waals surface area contributed by atoms with Crippen molar-refractivity contribution in [3.05, 3.63) is 174 Å². The lowest BCUT2D eigenvalue weighted by molar-refractivity contribution is 0.591. The van der Waals surface area contributed by atoms with E-state index in [1.54, 1.807) is 0 Å². The second-order valence-corrected chi connectivity index (χ2v) is 19.1. The molecule has 0 bridgehead atoms. The van der Waals surface area contributed by atoms with Gasteiger partial charge >= 0.3 is 0 Å². The van der Waals surface area contributed by atoms with Crippen molar-refractivity contribution in [2.75, 3.05) is 4.90 Å². The van der Waals surface area contributed by atoms with E-state index in [1.807, 2.05) is 22.7 Å². The molecule has 0 unspecified atom stereocenters. The summed E-state index contributed by atoms with van der Waals surface area (Å²) in [6.45, 7) is 11.6. The van der Waals surface area contributed by atoms with Gasteiger partial charge in [0.1, 0.15) is 0 Å². The molecule has 0 fully saturated rings. The standard InChI is InChI=1S/C53H41NS2/c1-52(2,3)33-22-25-38-39-26-23-35(31-49(39)56-48(38)29-33)54(34-24-27-44-42(30-34)37-15-8-10-18-43(37)53(44,4)5)45-28-21-32-13-6-7-14-36(32)50(45)41-17-12-20-47-51(41)40-16-9-11-19-46(40)55-47/h6-31H,1-5H3. The van der Waals surface area contributed by atoms with Gasteiger partial charge in [-0.15, -0.1) is 22.7 Å². The molecule has 8 aromatic carbocycles. The summed E-state index contributed by atoms with van der Waals surface area (Å²) in [4.78, 5) is 2.54. The number of fused-ring (bicyclic) bond motifs is 10. The molecule has 10 aromatic rings. The zero-order valence-corrected chi connectivity index (χ0v) is 33.9. The predicted octanol–water partition coefficient (Wildman–Crippen LogP) is 16.3. The molecular weight excluding hydrogens is 715 g/mol. The number of thiophene rings is 2. The number of rotatable bonds is 4. The fourth-order valence-electron chi connectivity index (χ4n) is 9.36. The lowest BCUT2D eigenvalue weighted by atomic mass is 9.82. The Labute approximate surface area is 336 Å². The van der Waals surface area contributed by atoms with E-state index < -0.39 is 0 Å². The van der Waals surface area contributed by atoms with E-state index >= 15 is 0 Å². The van der Waals surface area contributed by atoms with Gasteiger partial charge in [0.2, 0.25) is 0 Å². The summed E-state index contributed by atoms with van der Waals surface area (Å²) in [7, 11) is 0. The number of hydrogen-bond donors (Lipinski definition) is 0. The number of nitrogens with zero attached hydrogens (tertiary/aromatic N) is 1. The molecule has 2 heterocycles. The van der Waals surface area contributed by atoms with Crippen molar-refractivity contribution < 1.29 is 0 Å². The van der Waals surface area contributed by atoms with Crippen molar-refractivity contribution in [1.82, 2.24) is 0 Å². The van der Waals surface area contributed by atoms with Crippen LogP contribution in [0.4, 0.5) is 17.1 Å². The van der Waals surface area contributed by atoms with Gasteiger partial charge in [0.15, 0.2) is 0 Å². The summed E-state index contributed by atoms with van der Waals surface area (Å²) in [5, 5.41) is 7.77. The number of hydrogen-bond acceptors (Lipinski definition) is 3. The van der Waals surface area contributed by atoms with Crippen molar-refractivity contribution in [2.24, 2.45) is 0 Å². The van der Waals surface area contributed by atoms with Gasteiger partial charge in [-0.05, 0) is 98.1 Å². The fourth-order valence-corrected chi connectivity index (χ4v) is 11.7. The molecule has 0 saturated carbocycles. The van der Waals surface area contributed by atoms with Gasteiger partial charge in [-0.2, -0.15) is 0 Å². The Morgan fingerprint density at radius 2 is 1.11 bits per heavy atom. The Morgan fingerprint density at radius 1 is 0.464 bits per heavy atom. The molecular formula is C53H41NS2. The highest BCUT2D eigenvalue weighted by Crippen LogP contribution is 2.53. The molecule has 0 atom stereocenters. The first-order valence-electron chi connectivity index (χ1n) is 19.6. The quantitative estimate of drug-likeness (QED) is 0.173. The first-order chi connectivity index (χ1) is 27.1. The molecule has 0 N–H and O–H groups in total. The average Bonchev–Trinajstić information content (AvgIpc) is 3.85. The highest BCUT2D eigenvalue weighted by Gasteiger charge is 2.36. The Morgan fingerprint density at radius 3 is 1.96 bits per heavy atom. The maximum absolute atomic E-state index is 2.54. The van der Waals surface area contributed by atoms with E-state index in [4.69, 9.17) is 0 Å². The van der Waals surface area contributed by atoms with Crippen molar-refractivity contribution in [3.8, 4) is 22.3 Å². The van der Waals surface area contributed by atoms with E-state index in [0.717, 1.165) is 11.4 Å². The molecule has 0 spiro atoms. The summed E-state index contributed by atoms with van der Waals surface area (Å²) in [6, 6.07) is 59.7. The van der Waals surface area contributed by atoms with Gasteiger partial charge in [0.25, 0.3) is 0 Å². The predicted molar refractivity (Wildman–Crippen MR) is 246 cm³/mol. The van der Waals surface area contributed by atoms with Gasteiger partial charge in [-0.3, -0.25) is 0 Å². The first-order valence-corrected chi connectivity index (χ1v) is 21.2. The smallest absolute Gasteiger partial charge is 0.0546 e. The summed E-state index contributed by atoms with van der Waals surface area (Å²) in [6.07, 6.45) is 0. The minimum Gasteiger partial charge on any atom is -0.310 e. The van der Waals surface area contributed by atoms with E-state index in [1.165, 1.54) is 95.7 Å². The Bertz CT molecular complexity index is 3220. The van der Waals surface area contributed by atoms with Gasteiger partial charge in [-0.25, -0.2) is 0 Å². The van der Waals surface area contributed by atoms with Crippen molar-refractivity contribution >= 4 is 90.9 Å². The zero-order chi connectivity index (χ0) is 37.9. The molecule has 270 valence electrons. The summed E-state index contributed by atoms with van der Waals surface area (Å²) in [5.74, 6) is 0. The van der Waals surface area contributed by atoms with Crippen molar-refractivity contribution in [1.29, 1.82) is 0 Å². The van der Waals surface area contributed by atoms with Crippen LogP contribution in [0.15, 0.2) is 158 Å². The zero-order valence-electron chi connectivity index (χ0n) is 32.3. The summed E-state index contributed by atoms with van der Waals surface area (Å²) in [5.41, 5.74) is 12.8. The van der Waals surface area contributed by atoms with Crippen LogP contribution >= 0.6 is 22.7 Å². The van der Waals surface area contributed by atoms with Gasteiger partial charge in [0, 0.05) is 62.7 Å². The van der Waals surface area contributed by atoms with Crippen LogP contribution in [-0.4, -0.2) is 0 Å². The SMILES string of the molecule is CC(C)(C)c1ccc2c(c1)sc1cc(N(c3ccc4c(c3)-c3ccccc3C4(C)C)c3ccc4ccccc4c3-c3cccc4sc5ccccc5c34)ccc12. The topological polar surface area (TPSA) is 3.24 Å². The second-order valence-electron chi connectivity index (χ2n) is 16.9. The van der Waals surface area contributed by atoms with Crippen LogP contribution in [0.5, 0.6) is 0 Å². The highest BCUT2D eigenvalue weighted by atomic mass is 32.1. The molecule has 0 amide bonds. The van der Waals surface area contributed by atoms with E-state index in [9.17, 15) is 0 Å². The Kier molecular flexibility index (Phi) is 7.27. The Hall–Kier alpha value is -5.74. The fraction of sp³-hybridized carbons (Fsp3) is 0.132. The Balaban J connectivity index is 1.22. The number of benzene rings is 8. The van der Waals surface area contributed by atoms with Gasteiger partial charge in [-0.1, -0.05) is 144 Å². The lowest BCUT2D eigenvalue weighted by Crippen LogP contribution is -2.15. The van der Waals surface area contributed by atoms with Crippen LogP contribution < -0.4 is 4.90 Å². The van der Waals surface area contributed by atoms with Crippen LogP contribution in [0.2, 0.25) is 0 Å². The van der Waals surface area contributed by atoms with Gasteiger partial charge < -0.3 is 4.90 Å². The van der Waals surface area contributed by atoms with Crippen LogP contribution in [0.1, 0.15) is 51.3 Å². The minimum atomic E-state index is -0.0685. The largest absolute Gasteiger partial charge is 0.310 e. The van der Waals surface area contributed by atoms with Crippen molar-refractivity contribution in [3.63, 3.8) is 0 Å². The molecule has 1 nitrogen and oxygen atoms in total. The van der Waals surface area contributed by atoms with Gasteiger partial charge in [0.05, 0.1) is 5.69 Å². The normalized spacial score (nSPS) is 13.6. The summed E-state index contributed by atoms with van der Waals surface area (Å²) >= 11 is 3.79. The molecule has 0 saturated heterocycles. The molecule has 11 rings (SSSR count). The van der Waals surface area contributed by atoms with E-state index in [-0.39, 0.29) is 10.8 Å². The van der Waals surface area contributed by atoms with E-state index in [2.05, 4.69) is 197 Å². The van der Waals surface area contributed by atoms with E-state index in [0.29, 0.717) is 0 Å². The van der Waals surface area contributed by atoms with Crippen molar-refractivity contribution in [2.45, 2.75) is 45.4 Å². The summed E-state index contributed by atoms with van der Waals surface area (Å²) < 4.78 is 5.27. The third-order valence-electron chi connectivity index (χ3n) is 12.2. The second kappa shape index (κ2) is 12.1. The van der Waals surface area contributed by atoms with Crippen LogP contribution in [0, 0.1) is 0 Å². The molecule has 1 aliphatic rings. The first kappa shape index (κ1) is 33.6. The molecule has 0 aliphatic heterocycles. The molecule has 1 aliphatic carbocycles. The monoisotopic (exact) mass is 755 g/mol. The minimum absolute atomic E-state index is 0.0685. The highest BCUT2D eigenvalue weighted by molar-refractivity contribution is 7.26. The molecule has 0 radical (unpaired) electrons. The molecule has 2 aromatic heterocycles. The maximum Gasteiger partial charge on any atom is 0.0546 e. The molecule has 56 heavy (non-hydrogen) atoms. The third-order valence-corrected chi connectivity index (χ3v) is 14.5. The van der Waals surface area contributed by atoms with Crippen LogP contribution in [0.25, 0.3) is 73.4 Å².